The molecule has 124 valence electrons. The van der Waals surface area contributed by atoms with Crippen LogP contribution in [0.2, 0.25) is 0 Å². The predicted octanol–water partition coefficient (Wildman–Crippen LogP) is 2.51. The molecule has 0 aliphatic heterocycles. The highest BCUT2D eigenvalue weighted by molar-refractivity contribution is 5.96. The number of carbonyl (C=O) groups excluding carboxylic acids is 2. The number of fused-ring (bicyclic) bond motifs is 1. The number of carbonyl (C=O) groups is 2. The first-order valence-corrected chi connectivity index (χ1v) is 7.46. The van der Waals surface area contributed by atoms with Crippen molar-refractivity contribution in [2.45, 2.75) is 20.5 Å². The molecular weight excluding hydrogens is 298 g/mol. The molecule has 1 aromatic heterocycles. The van der Waals surface area contributed by atoms with Crippen LogP contribution < -0.4 is 5.32 Å². The smallest absolute Gasteiger partial charge is 0.375 e. The van der Waals surface area contributed by atoms with Gasteiger partial charge in [0.2, 0.25) is 5.76 Å². The van der Waals surface area contributed by atoms with Crippen LogP contribution in [0.3, 0.4) is 0 Å². The third-order valence-electron chi connectivity index (χ3n) is 3.21. The van der Waals surface area contributed by atoms with Gasteiger partial charge in [0.15, 0.2) is 6.61 Å². The summed E-state index contributed by atoms with van der Waals surface area (Å²) in [7, 11) is 1.54. The van der Waals surface area contributed by atoms with Gasteiger partial charge in [-0.05, 0) is 12.0 Å². The summed E-state index contributed by atoms with van der Waals surface area (Å²) in [6.07, 6.45) is 0. The molecule has 1 heterocycles. The number of esters is 1. The lowest BCUT2D eigenvalue weighted by Crippen LogP contribution is -2.31. The molecule has 1 aromatic carbocycles. The van der Waals surface area contributed by atoms with Gasteiger partial charge in [-0.25, -0.2) is 4.79 Å². The largest absolute Gasteiger partial charge is 0.450 e. The van der Waals surface area contributed by atoms with Gasteiger partial charge in [0.1, 0.15) is 5.58 Å². The molecule has 2 aromatic rings. The molecule has 0 atom stereocenters. The lowest BCUT2D eigenvalue weighted by atomic mass is 10.1. The van der Waals surface area contributed by atoms with E-state index in [2.05, 4.69) is 5.32 Å². The van der Waals surface area contributed by atoms with Crippen molar-refractivity contribution in [2.24, 2.45) is 5.92 Å². The molecule has 1 N–H and O–H groups in total. The van der Waals surface area contributed by atoms with Crippen molar-refractivity contribution in [3.8, 4) is 0 Å². The van der Waals surface area contributed by atoms with Gasteiger partial charge in [-0.1, -0.05) is 32.0 Å². The summed E-state index contributed by atoms with van der Waals surface area (Å²) in [5, 5.41) is 3.48. The van der Waals surface area contributed by atoms with Crippen LogP contribution in [0.25, 0.3) is 11.0 Å². The molecule has 0 aliphatic rings. The number of benzene rings is 1. The van der Waals surface area contributed by atoms with Gasteiger partial charge < -0.3 is 19.2 Å². The van der Waals surface area contributed by atoms with Gasteiger partial charge in [-0.3, -0.25) is 4.79 Å². The number of ether oxygens (including phenoxy) is 2. The minimum Gasteiger partial charge on any atom is -0.450 e. The normalized spacial score (nSPS) is 11.0. The lowest BCUT2D eigenvalue weighted by molar-refractivity contribution is -0.124. The van der Waals surface area contributed by atoms with Gasteiger partial charge >= 0.3 is 5.97 Å². The van der Waals surface area contributed by atoms with Crippen molar-refractivity contribution >= 4 is 22.8 Å². The van der Waals surface area contributed by atoms with Crippen LogP contribution in [0.4, 0.5) is 0 Å². The van der Waals surface area contributed by atoms with Crippen LogP contribution >= 0.6 is 0 Å². The Labute approximate surface area is 134 Å². The number of furan rings is 1. The van der Waals surface area contributed by atoms with Crippen molar-refractivity contribution in [1.82, 2.24) is 5.32 Å². The molecule has 0 fully saturated rings. The molecule has 2 rings (SSSR count). The van der Waals surface area contributed by atoms with E-state index in [1.54, 1.807) is 6.07 Å². The highest BCUT2D eigenvalue weighted by Gasteiger charge is 2.22. The maximum absolute atomic E-state index is 12.2. The molecular formula is C17H21NO5. The van der Waals surface area contributed by atoms with E-state index in [4.69, 9.17) is 13.9 Å². The van der Waals surface area contributed by atoms with Crippen molar-refractivity contribution < 1.29 is 23.5 Å². The van der Waals surface area contributed by atoms with Crippen molar-refractivity contribution in [1.29, 1.82) is 0 Å². The van der Waals surface area contributed by atoms with Crippen LogP contribution in [0.5, 0.6) is 0 Å². The van der Waals surface area contributed by atoms with Gasteiger partial charge in [0.25, 0.3) is 5.91 Å². The van der Waals surface area contributed by atoms with E-state index in [9.17, 15) is 9.59 Å². The van der Waals surface area contributed by atoms with Crippen molar-refractivity contribution in [3.63, 3.8) is 0 Å². The molecule has 0 radical (unpaired) electrons. The summed E-state index contributed by atoms with van der Waals surface area (Å²) in [6, 6.07) is 7.28. The highest BCUT2D eigenvalue weighted by Crippen LogP contribution is 2.27. The quantitative estimate of drug-likeness (QED) is 0.793. The fourth-order valence-electron chi connectivity index (χ4n) is 2.12. The first kappa shape index (κ1) is 17.0. The third-order valence-corrected chi connectivity index (χ3v) is 3.21. The number of hydrogen-bond acceptors (Lipinski definition) is 5. The Morgan fingerprint density at radius 1 is 1.26 bits per heavy atom. The zero-order valence-electron chi connectivity index (χ0n) is 13.5. The Kier molecular flexibility index (Phi) is 5.76. The second-order valence-electron chi connectivity index (χ2n) is 5.61. The minimum absolute atomic E-state index is 0.0738. The zero-order valence-corrected chi connectivity index (χ0v) is 13.5. The van der Waals surface area contributed by atoms with E-state index >= 15 is 0 Å². The van der Waals surface area contributed by atoms with E-state index in [1.807, 2.05) is 32.0 Å². The molecule has 23 heavy (non-hydrogen) atoms. The van der Waals surface area contributed by atoms with Crippen LogP contribution in [0.1, 0.15) is 30.0 Å². The van der Waals surface area contributed by atoms with Gasteiger partial charge in [-0.15, -0.1) is 0 Å². The molecule has 0 aliphatic carbocycles. The number of para-hydroxylation sites is 1. The van der Waals surface area contributed by atoms with Crippen LogP contribution in [0.15, 0.2) is 28.7 Å². The molecule has 0 saturated heterocycles. The summed E-state index contributed by atoms with van der Waals surface area (Å²) in [5.41, 5.74) is 1.20. The maximum atomic E-state index is 12.2. The molecule has 6 heteroatoms. The van der Waals surface area contributed by atoms with E-state index < -0.39 is 5.97 Å². The lowest BCUT2D eigenvalue weighted by Gasteiger charge is -2.08. The first-order valence-electron chi connectivity index (χ1n) is 7.46. The van der Waals surface area contributed by atoms with E-state index in [1.165, 1.54) is 7.11 Å². The monoisotopic (exact) mass is 319 g/mol. The molecule has 6 nitrogen and oxygen atoms in total. The Morgan fingerprint density at radius 3 is 2.70 bits per heavy atom. The Morgan fingerprint density at radius 2 is 2.00 bits per heavy atom. The third kappa shape index (κ3) is 4.32. The first-order chi connectivity index (χ1) is 11.0. The Balaban J connectivity index is 2.08. The maximum Gasteiger partial charge on any atom is 0.375 e. The number of methoxy groups -OCH3 is 1. The van der Waals surface area contributed by atoms with Crippen molar-refractivity contribution in [3.05, 3.63) is 35.6 Å². The molecule has 0 spiro atoms. The zero-order chi connectivity index (χ0) is 16.8. The fraction of sp³-hybridized carbons (Fsp3) is 0.412. The van der Waals surface area contributed by atoms with Crippen LogP contribution in [-0.4, -0.2) is 32.1 Å². The predicted molar refractivity (Wildman–Crippen MR) is 85.1 cm³/mol. The van der Waals surface area contributed by atoms with E-state index in [-0.39, 0.29) is 24.9 Å². The summed E-state index contributed by atoms with van der Waals surface area (Å²) in [6.45, 7) is 4.39. The SMILES string of the molecule is COCc1c(C(=O)OCC(=O)NCC(C)C)oc2ccccc12. The highest BCUT2D eigenvalue weighted by atomic mass is 16.5. The standard InChI is InChI=1S/C17H21NO5/c1-11(2)8-18-15(19)10-22-17(20)16-13(9-21-3)12-6-4-5-7-14(12)23-16/h4-7,11H,8-10H2,1-3H3,(H,18,19). The number of rotatable bonds is 7. The molecule has 0 saturated carbocycles. The summed E-state index contributed by atoms with van der Waals surface area (Å²) in [5.74, 6) is -0.604. The summed E-state index contributed by atoms with van der Waals surface area (Å²) in [4.78, 5) is 23.8. The second kappa shape index (κ2) is 7.78. The second-order valence-corrected chi connectivity index (χ2v) is 5.61. The number of amides is 1. The van der Waals surface area contributed by atoms with E-state index in [0.717, 1.165) is 5.39 Å². The van der Waals surface area contributed by atoms with Crippen LogP contribution in [-0.2, 0) is 20.9 Å². The summed E-state index contributed by atoms with van der Waals surface area (Å²) < 4.78 is 15.7. The fourth-order valence-corrected chi connectivity index (χ4v) is 2.12. The van der Waals surface area contributed by atoms with Crippen LogP contribution in [0, 0.1) is 5.92 Å². The number of nitrogens with one attached hydrogen (secondary N) is 1. The Hall–Kier alpha value is -2.34. The Bertz CT molecular complexity index is 689. The average Bonchev–Trinajstić information content (AvgIpc) is 2.90. The molecule has 1 amide bonds. The topological polar surface area (TPSA) is 77.8 Å². The van der Waals surface area contributed by atoms with Gasteiger partial charge in [0, 0.05) is 24.6 Å². The summed E-state index contributed by atoms with van der Waals surface area (Å²) >= 11 is 0. The van der Waals surface area contributed by atoms with E-state index in [0.29, 0.717) is 23.6 Å². The molecule has 0 bridgehead atoms. The van der Waals surface area contributed by atoms with Gasteiger partial charge in [-0.2, -0.15) is 0 Å². The van der Waals surface area contributed by atoms with Crippen molar-refractivity contribution in [2.75, 3.05) is 20.3 Å². The number of hydrogen-bond donors (Lipinski definition) is 1. The average molecular weight is 319 g/mol. The minimum atomic E-state index is -0.673. The van der Waals surface area contributed by atoms with Gasteiger partial charge in [0.05, 0.1) is 6.61 Å². The molecule has 0 unspecified atom stereocenters.